The highest BCUT2D eigenvalue weighted by Gasteiger charge is 2.22. The van der Waals surface area contributed by atoms with Crippen molar-refractivity contribution < 1.29 is 0 Å². The SMILES string of the molecule is Cc1cc(-c2cccc(-c3cccc(-c4nc(-c5ccccc5)nc(-c5ccccc5)n4)c3)c2-c2ccccc2-c2nc(-c3ccccc3)nc(-c3ccc(-c4ccncc4)cc3)n2)nc(C)n1. The third-order valence-electron chi connectivity index (χ3n) is 11.7. The van der Waals surface area contributed by atoms with E-state index in [0.29, 0.717) is 40.8 Å². The number of nitrogens with zero attached hydrogens (tertiary/aromatic N) is 9. The Balaban J connectivity index is 1.10. The van der Waals surface area contributed by atoms with Gasteiger partial charge >= 0.3 is 0 Å². The standard InChI is InChI=1S/C59H41N9/c1-38-36-52(62-39(2)61-38)51-27-15-26-48(46-22-14-23-47(37-46)58-65-54(42-16-6-3-7-17-42)63-55(66-58)43-18-8-4-9-19-43)53(51)49-24-12-13-25-50(49)59-67-56(44-20-10-5-11-21-44)64-57(68-59)45-30-28-40(29-31-45)41-32-34-60-35-33-41/h3-37H,1-2H3. The van der Waals surface area contributed by atoms with E-state index in [1.165, 1.54) is 0 Å². The Bertz CT molecular complexity index is 3490. The van der Waals surface area contributed by atoms with Crippen molar-refractivity contribution in [3.05, 3.63) is 224 Å². The predicted octanol–water partition coefficient (Wildman–Crippen LogP) is 13.5. The molecule has 0 fully saturated rings. The van der Waals surface area contributed by atoms with Gasteiger partial charge in [-0.2, -0.15) is 0 Å². The third kappa shape index (κ3) is 8.55. The van der Waals surface area contributed by atoms with E-state index in [0.717, 1.165) is 83.7 Å². The Morgan fingerprint density at radius 3 is 1.25 bits per heavy atom. The van der Waals surface area contributed by atoms with Crippen LogP contribution in [0.3, 0.4) is 0 Å². The molecule has 9 heteroatoms. The number of hydrogen-bond acceptors (Lipinski definition) is 9. The summed E-state index contributed by atoms with van der Waals surface area (Å²) in [5, 5.41) is 0. The minimum Gasteiger partial charge on any atom is -0.265 e. The number of pyridine rings is 1. The second-order valence-corrected chi connectivity index (χ2v) is 16.3. The van der Waals surface area contributed by atoms with Gasteiger partial charge in [-0.1, -0.05) is 176 Å². The molecule has 4 heterocycles. The van der Waals surface area contributed by atoms with Crippen LogP contribution in [0.4, 0.5) is 0 Å². The van der Waals surface area contributed by atoms with Gasteiger partial charge in [0.2, 0.25) is 0 Å². The quantitative estimate of drug-likeness (QED) is 0.132. The zero-order chi connectivity index (χ0) is 45.8. The van der Waals surface area contributed by atoms with E-state index in [4.69, 9.17) is 34.9 Å². The fraction of sp³-hybridized carbons (Fsp3) is 0.0339. The van der Waals surface area contributed by atoms with Crippen LogP contribution in [0.1, 0.15) is 11.5 Å². The molecule has 0 aliphatic rings. The smallest absolute Gasteiger partial charge is 0.164 e. The van der Waals surface area contributed by atoms with Gasteiger partial charge < -0.3 is 0 Å². The molecule has 0 aliphatic heterocycles. The molecular formula is C59H41N9. The number of aryl methyl sites for hydroxylation is 2. The maximum absolute atomic E-state index is 5.26. The van der Waals surface area contributed by atoms with Gasteiger partial charge in [0.1, 0.15) is 5.82 Å². The van der Waals surface area contributed by atoms with Crippen LogP contribution >= 0.6 is 0 Å². The minimum absolute atomic E-state index is 0.541. The van der Waals surface area contributed by atoms with Gasteiger partial charge in [-0.25, -0.2) is 39.9 Å². The molecule has 11 aromatic rings. The first-order valence-corrected chi connectivity index (χ1v) is 22.4. The molecule has 0 unspecified atom stereocenters. The summed E-state index contributed by atoms with van der Waals surface area (Å²) in [4.78, 5) is 44.5. The van der Waals surface area contributed by atoms with E-state index in [2.05, 4.69) is 94.9 Å². The summed E-state index contributed by atoms with van der Waals surface area (Å²) in [6.07, 6.45) is 3.61. The normalized spacial score (nSPS) is 11.1. The number of hydrogen-bond donors (Lipinski definition) is 0. The molecule has 0 spiro atoms. The van der Waals surface area contributed by atoms with Crippen LogP contribution in [0.15, 0.2) is 213 Å². The summed E-state index contributed by atoms with van der Waals surface area (Å²) in [5.41, 5.74) is 13.9. The van der Waals surface area contributed by atoms with Crippen LogP contribution < -0.4 is 0 Å². The van der Waals surface area contributed by atoms with Crippen LogP contribution in [0, 0.1) is 13.8 Å². The topological polar surface area (TPSA) is 116 Å². The molecule has 0 N–H and O–H groups in total. The number of rotatable bonds is 10. The first kappa shape index (κ1) is 41.5. The van der Waals surface area contributed by atoms with Gasteiger partial charge in [0.25, 0.3) is 0 Å². The highest BCUT2D eigenvalue weighted by molar-refractivity contribution is 5.99. The minimum atomic E-state index is 0.541. The van der Waals surface area contributed by atoms with Gasteiger partial charge in [0.15, 0.2) is 34.9 Å². The average molecular weight is 876 g/mol. The molecule has 0 saturated carbocycles. The Morgan fingerprint density at radius 1 is 0.265 bits per heavy atom. The van der Waals surface area contributed by atoms with E-state index in [1.54, 1.807) is 12.4 Å². The molecule has 7 aromatic carbocycles. The third-order valence-corrected chi connectivity index (χ3v) is 11.7. The monoisotopic (exact) mass is 875 g/mol. The summed E-state index contributed by atoms with van der Waals surface area (Å²) in [6, 6.07) is 67.6. The molecule has 11 rings (SSSR count). The van der Waals surface area contributed by atoms with E-state index < -0.39 is 0 Å². The molecule has 0 saturated heterocycles. The van der Waals surface area contributed by atoms with Crippen molar-refractivity contribution in [1.29, 1.82) is 0 Å². The Hall–Kier alpha value is -9.21. The molecule has 0 atom stereocenters. The first-order valence-electron chi connectivity index (χ1n) is 22.4. The van der Waals surface area contributed by atoms with Gasteiger partial charge in [0, 0.05) is 57.0 Å². The van der Waals surface area contributed by atoms with E-state index in [-0.39, 0.29) is 0 Å². The first-order chi connectivity index (χ1) is 33.5. The molecule has 4 aromatic heterocycles. The van der Waals surface area contributed by atoms with E-state index >= 15 is 0 Å². The van der Waals surface area contributed by atoms with Crippen molar-refractivity contribution in [3.63, 3.8) is 0 Å². The maximum Gasteiger partial charge on any atom is 0.164 e. The highest BCUT2D eigenvalue weighted by atomic mass is 15.0. The van der Waals surface area contributed by atoms with Crippen molar-refractivity contribution in [2.45, 2.75) is 13.8 Å². The van der Waals surface area contributed by atoms with Gasteiger partial charge in [-0.05, 0) is 71.5 Å². The lowest BCUT2D eigenvalue weighted by atomic mass is 9.86. The van der Waals surface area contributed by atoms with Gasteiger partial charge in [-0.3, -0.25) is 4.98 Å². The fourth-order valence-corrected chi connectivity index (χ4v) is 8.51. The van der Waals surface area contributed by atoms with Crippen molar-refractivity contribution in [2.75, 3.05) is 0 Å². The number of benzene rings is 7. The zero-order valence-corrected chi connectivity index (χ0v) is 37.2. The van der Waals surface area contributed by atoms with Crippen LogP contribution in [-0.2, 0) is 0 Å². The zero-order valence-electron chi connectivity index (χ0n) is 37.2. The predicted molar refractivity (Wildman–Crippen MR) is 270 cm³/mol. The largest absolute Gasteiger partial charge is 0.265 e. The second-order valence-electron chi connectivity index (χ2n) is 16.3. The summed E-state index contributed by atoms with van der Waals surface area (Å²) < 4.78 is 0. The summed E-state index contributed by atoms with van der Waals surface area (Å²) in [5.74, 6) is 4.14. The van der Waals surface area contributed by atoms with Crippen molar-refractivity contribution in [3.8, 4) is 113 Å². The van der Waals surface area contributed by atoms with Crippen LogP contribution in [0.5, 0.6) is 0 Å². The molecule has 0 bridgehead atoms. The van der Waals surface area contributed by atoms with Crippen molar-refractivity contribution in [2.24, 2.45) is 0 Å². The molecule has 322 valence electrons. The lowest BCUT2D eigenvalue weighted by Crippen LogP contribution is -2.02. The Morgan fingerprint density at radius 2 is 0.676 bits per heavy atom. The maximum atomic E-state index is 5.26. The van der Waals surface area contributed by atoms with Gasteiger partial charge in [0.05, 0.1) is 5.69 Å². The number of aromatic nitrogens is 9. The molecular weight excluding hydrogens is 835 g/mol. The second kappa shape index (κ2) is 18.3. The lowest BCUT2D eigenvalue weighted by molar-refractivity contribution is 1.02. The molecule has 0 aliphatic carbocycles. The average Bonchev–Trinajstić information content (AvgIpc) is 3.41. The van der Waals surface area contributed by atoms with Gasteiger partial charge in [-0.15, -0.1) is 0 Å². The Kier molecular flexibility index (Phi) is 11.2. The summed E-state index contributed by atoms with van der Waals surface area (Å²) >= 11 is 0. The van der Waals surface area contributed by atoms with E-state index in [1.807, 2.05) is 129 Å². The molecule has 68 heavy (non-hydrogen) atoms. The highest BCUT2D eigenvalue weighted by Crippen LogP contribution is 2.44. The molecule has 9 nitrogen and oxygen atoms in total. The van der Waals surface area contributed by atoms with Crippen LogP contribution in [0.2, 0.25) is 0 Å². The van der Waals surface area contributed by atoms with Crippen molar-refractivity contribution >= 4 is 0 Å². The lowest BCUT2D eigenvalue weighted by Gasteiger charge is -2.19. The van der Waals surface area contributed by atoms with Crippen LogP contribution in [0.25, 0.3) is 113 Å². The van der Waals surface area contributed by atoms with Crippen LogP contribution in [-0.4, -0.2) is 44.9 Å². The fourth-order valence-electron chi connectivity index (χ4n) is 8.51. The molecule has 0 amide bonds. The Labute approximate surface area is 394 Å². The summed E-state index contributed by atoms with van der Waals surface area (Å²) in [7, 11) is 0. The summed E-state index contributed by atoms with van der Waals surface area (Å²) in [6.45, 7) is 3.93. The van der Waals surface area contributed by atoms with Crippen molar-refractivity contribution in [1.82, 2.24) is 44.9 Å². The molecule has 0 radical (unpaired) electrons. The van der Waals surface area contributed by atoms with E-state index in [9.17, 15) is 0 Å².